The van der Waals surface area contributed by atoms with Gasteiger partial charge in [-0.3, -0.25) is 9.59 Å². The van der Waals surface area contributed by atoms with E-state index in [0.717, 1.165) is 11.4 Å². The summed E-state index contributed by atoms with van der Waals surface area (Å²) >= 11 is 0. The molecule has 4 atom stereocenters. The highest BCUT2D eigenvalue weighted by Gasteiger charge is 2.54. The van der Waals surface area contributed by atoms with Crippen molar-refractivity contribution < 1.29 is 24.2 Å². The Balaban J connectivity index is 1.44. The Hall–Kier alpha value is -2.54. The van der Waals surface area contributed by atoms with E-state index in [-0.39, 0.29) is 5.91 Å². The minimum atomic E-state index is -0.965. The van der Waals surface area contributed by atoms with Gasteiger partial charge in [0.1, 0.15) is 11.7 Å². The maximum Gasteiger partial charge on any atom is 0.310 e. The number of carboxylic acid groups (broad SMARTS) is 1. The summed E-state index contributed by atoms with van der Waals surface area (Å²) in [5, 5.41) is 9.49. The van der Waals surface area contributed by atoms with E-state index < -0.39 is 30.0 Å². The summed E-state index contributed by atoms with van der Waals surface area (Å²) in [6.45, 7) is 2.48. The Labute approximate surface area is 151 Å². The van der Waals surface area contributed by atoms with Crippen molar-refractivity contribution in [3.05, 3.63) is 36.4 Å². The molecule has 2 fully saturated rings. The summed E-state index contributed by atoms with van der Waals surface area (Å²) in [4.78, 5) is 28.5. The molecule has 0 unspecified atom stereocenters. The number of carbonyl (C=O) groups excluding carboxylic acids is 1. The Morgan fingerprint density at radius 2 is 1.73 bits per heavy atom. The molecular formula is C19H22N2O5. The van der Waals surface area contributed by atoms with Crippen molar-refractivity contribution in [1.82, 2.24) is 4.90 Å². The molecule has 0 spiro atoms. The molecule has 1 aromatic rings. The van der Waals surface area contributed by atoms with Crippen LogP contribution in [-0.4, -0.2) is 67.4 Å². The van der Waals surface area contributed by atoms with Crippen LogP contribution in [0.2, 0.25) is 0 Å². The Morgan fingerprint density at radius 3 is 2.38 bits per heavy atom. The van der Waals surface area contributed by atoms with E-state index in [4.69, 9.17) is 9.47 Å². The molecule has 3 heterocycles. The highest BCUT2D eigenvalue weighted by molar-refractivity contribution is 5.87. The van der Waals surface area contributed by atoms with Crippen molar-refractivity contribution >= 4 is 17.6 Å². The molecule has 3 aliphatic heterocycles. The van der Waals surface area contributed by atoms with E-state index in [1.807, 2.05) is 30.3 Å². The fourth-order valence-electron chi connectivity index (χ4n) is 4.17. The normalized spacial score (nSPS) is 29.9. The van der Waals surface area contributed by atoms with Crippen LogP contribution in [0, 0.1) is 11.8 Å². The Morgan fingerprint density at radius 1 is 1.08 bits per heavy atom. The Kier molecular flexibility index (Phi) is 4.32. The summed E-state index contributed by atoms with van der Waals surface area (Å²) in [6, 6.07) is 7.82. The number of ether oxygens (including phenoxy) is 2. The van der Waals surface area contributed by atoms with Gasteiger partial charge in [-0.05, 0) is 12.1 Å². The van der Waals surface area contributed by atoms with Crippen LogP contribution in [0.15, 0.2) is 36.4 Å². The summed E-state index contributed by atoms with van der Waals surface area (Å²) < 4.78 is 11.0. The van der Waals surface area contributed by atoms with E-state index in [2.05, 4.69) is 4.90 Å². The molecule has 138 valence electrons. The third-order valence-corrected chi connectivity index (χ3v) is 5.49. The first-order valence-electron chi connectivity index (χ1n) is 8.83. The molecule has 0 saturated carbocycles. The minimum Gasteiger partial charge on any atom is -0.495 e. The number of benzene rings is 1. The molecule has 7 heteroatoms. The van der Waals surface area contributed by atoms with Crippen LogP contribution < -0.4 is 9.64 Å². The second-order valence-corrected chi connectivity index (χ2v) is 6.82. The quantitative estimate of drug-likeness (QED) is 0.809. The lowest BCUT2D eigenvalue weighted by atomic mass is 9.82. The number of carbonyl (C=O) groups is 2. The Bertz CT molecular complexity index is 741. The lowest BCUT2D eigenvalue weighted by Crippen LogP contribution is -2.53. The number of amides is 1. The second-order valence-electron chi connectivity index (χ2n) is 6.82. The molecule has 1 amide bonds. The topological polar surface area (TPSA) is 79.3 Å². The first-order chi connectivity index (χ1) is 12.6. The molecule has 4 rings (SSSR count). The second kappa shape index (κ2) is 6.64. The number of hydrogen-bond donors (Lipinski definition) is 1. The van der Waals surface area contributed by atoms with Crippen molar-refractivity contribution in [1.29, 1.82) is 0 Å². The first-order valence-corrected chi connectivity index (χ1v) is 8.83. The number of fused-ring (bicyclic) bond motifs is 2. The molecule has 1 N–H and O–H groups in total. The minimum absolute atomic E-state index is 0.117. The van der Waals surface area contributed by atoms with Gasteiger partial charge in [-0.25, -0.2) is 0 Å². The van der Waals surface area contributed by atoms with Crippen molar-refractivity contribution in [2.45, 2.75) is 12.2 Å². The third-order valence-electron chi connectivity index (χ3n) is 5.49. The fourth-order valence-corrected chi connectivity index (χ4v) is 4.17. The maximum absolute atomic E-state index is 13.0. The molecule has 2 saturated heterocycles. The van der Waals surface area contributed by atoms with Gasteiger partial charge in [-0.15, -0.1) is 0 Å². The zero-order chi connectivity index (χ0) is 18.3. The van der Waals surface area contributed by atoms with Gasteiger partial charge in [0.25, 0.3) is 0 Å². The molecule has 2 bridgehead atoms. The number of methoxy groups -OCH3 is 1. The van der Waals surface area contributed by atoms with Crippen LogP contribution in [0.4, 0.5) is 5.69 Å². The number of hydrogen-bond acceptors (Lipinski definition) is 5. The van der Waals surface area contributed by atoms with Crippen LogP contribution in [0.1, 0.15) is 0 Å². The molecule has 26 heavy (non-hydrogen) atoms. The van der Waals surface area contributed by atoms with Crippen LogP contribution in [0.3, 0.4) is 0 Å². The predicted octanol–water partition coefficient (Wildman–Crippen LogP) is 0.998. The van der Waals surface area contributed by atoms with Crippen molar-refractivity contribution in [2.75, 3.05) is 38.2 Å². The van der Waals surface area contributed by atoms with E-state index in [9.17, 15) is 14.7 Å². The molecule has 3 aliphatic rings. The number of rotatable bonds is 4. The zero-order valence-electron chi connectivity index (χ0n) is 14.6. The van der Waals surface area contributed by atoms with Gasteiger partial charge in [0.2, 0.25) is 5.91 Å². The van der Waals surface area contributed by atoms with Crippen molar-refractivity contribution in [3.8, 4) is 5.75 Å². The number of aliphatic carboxylic acids is 1. The predicted molar refractivity (Wildman–Crippen MR) is 94.2 cm³/mol. The monoisotopic (exact) mass is 358 g/mol. The largest absolute Gasteiger partial charge is 0.495 e. The smallest absolute Gasteiger partial charge is 0.310 e. The molecule has 0 aliphatic carbocycles. The summed E-state index contributed by atoms with van der Waals surface area (Å²) in [5.74, 6) is -1.68. The van der Waals surface area contributed by atoms with Gasteiger partial charge < -0.3 is 24.4 Å². The average molecular weight is 358 g/mol. The van der Waals surface area contributed by atoms with Crippen LogP contribution >= 0.6 is 0 Å². The summed E-state index contributed by atoms with van der Waals surface area (Å²) in [5.41, 5.74) is 1.01. The van der Waals surface area contributed by atoms with Gasteiger partial charge in [0.15, 0.2) is 0 Å². The van der Waals surface area contributed by atoms with Gasteiger partial charge in [0, 0.05) is 26.2 Å². The number of nitrogens with zero attached hydrogens (tertiary/aromatic N) is 2. The van der Waals surface area contributed by atoms with Crippen LogP contribution in [0.25, 0.3) is 0 Å². The maximum atomic E-state index is 13.0. The molecule has 7 nitrogen and oxygen atoms in total. The van der Waals surface area contributed by atoms with Gasteiger partial charge in [0.05, 0.1) is 30.9 Å². The number of carboxylic acids is 1. The standard InChI is InChI=1S/C19H22N2O5/c1-25-13-5-3-2-4-12(13)20-8-10-21(11-9-20)18(22)16-14-6-7-15(26-14)17(16)19(23)24/h2-7,14-17H,8-11H2,1H3,(H,23,24)/t14-,15+,16-,17-/m0/s1. The molecule has 1 aromatic carbocycles. The number of piperazine rings is 1. The van der Waals surface area contributed by atoms with E-state index >= 15 is 0 Å². The van der Waals surface area contributed by atoms with E-state index in [1.54, 1.807) is 18.1 Å². The fraction of sp³-hybridized carbons (Fsp3) is 0.474. The summed E-state index contributed by atoms with van der Waals surface area (Å²) in [6.07, 6.45) is 2.67. The van der Waals surface area contributed by atoms with E-state index in [1.165, 1.54) is 0 Å². The van der Waals surface area contributed by atoms with Gasteiger partial charge in [-0.1, -0.05) is 24.3 Å². The van der Waals surface area contributed by atoms with Gasteiger partial charge in [-0.2, -0.15) is 0 Å². The average Bonchev–Trinajstić information content (AvgIpc) is 3.29. The highest BCUT2D eigenvalue weighted by atomic mass is 16.5. The SMILES string of the molecule is COc1ccccc1N1CCN(C(=O)[C@@H]2[C@@H](C(=O)O)[C@H]3C=C[C@@H]2O3)CC1. The summed E-state index contributed by atoms with van der Waals surface area (Å²) in [7, 11) is 1.65. The van der Waals surface area contributed by atoms with Crippen molar-refractivity contribution in [3.63, 3.8) is 0 Å². The third kappa shape index (κ3) is 2.72. The number of anilines is 1. The first kappa shape index (κ1) is 16.9. The molecule has 0 radical (unpaired) electrons. The lowest BCUT2D eigenvalue weighted by Gasteiger charge is -2.38. The van der Waals surface area contributed by atoms with Crippen LogP contribution in [0.5, 0.6) is 5.75 Å². The van der Waals surface area contributed by atoms with Gasteiger partial charge >= 0.3 is 5.97 Å². The van der Waals surface area contributed by atoms with Crippen molar-refractivity contribution in [2.24, 2.45) is 11.8 Å². The zero-order valence-corrected chi connectivity index (χ0v) is 14.6. The molecule has 0 aromatic heterocycles. The highest BCUT2D eigenvalue weighted by Crippen LogP contribution is 2.40. The van der Waals surface area contributed by atoms with Crippen LogP contribution in [-0.2, 0) is 14.3 Å². The lowest BCUT2D eigenvalue weighted by molar-refractivity contribution is -0.149. The molecular weight excluding hydrogens is 336 g/mol. The number of para-hydroxylation sites is 2. The van der Waals surface area contributed by atoms with E-state index in [0.29, 0.717) is 26.2 Å².